The van der Waals surface area contributed by atoms with Crippen LogP contribution < -0.4 is 4.90 Å². The van der Waals surface area contributed by atoms with Crippen molar-refractivity contribution in [3.63, 3.8) is 0 Å². The number of amides is 1. The van der Waals surface area contributed by atoms with Gasteiger partial charge in [-0.1, -0.05) is 6.07 Å². The van der Waals surface area contributed by atoms with Crippen LogP contribution in [0.5, 0.6) is 0 Å². The van der Waals surface area contributed by atoms with Gasteiger partial charge in [0.2, 0.25) is 0 Å². The first-order valence-electron chi connectivity index (χ1n) is 9.66. The number of halogens is 3. The van der Waals surface area contributed by atoms with Crippen molar-refractivity contribution in [1.29, 1.82) is 0 Å². The van der Waals surface area contributed by atoms with Gasteiger partial charge in [0, 0.05) is 38.3 Å². The van der Waals surface area contributed by atoms with E-state index in [9.17, 15) is 18.0 Å². The van der Waals surface area contributed by atoms with Crippen molar-refractivity contribution in [3.05, 3.63) is 48.6 Å². The van der Waals surface area contributed by atoms with E-state index in [0.29, 0.717) is 24.8 Å². The molecular formula is C20H22F3N3O5. The molecule has 0 aromatic carbocycles. The van der Waals surface area contributed by atoms with E-state index in [-0.39, 0.29) is 12.0 Å². The minimum absolute atomic E-state index is 0.0450. The second-order valence-electron chi connectivity index (χ2n) is 7.12. The van der Waals surface area contributed by atoms with Crippen molar-refractivity contribution in [3.8, 4) is 0 Å². The molecule has 0 saturated carbocycles. The van der Waals surface area contributed by atoms with Crippen molar-refractivity contribution in [1.82, 2.24) is 9.88 Å². The van der Waals surface area contributed by atoms with Gasteiger partial charge in [-0.15, -0.1) is 0 Å². The number of carboxylic acids is 1. The summed E-state index contributed by atoms with van der Waals surface area (Å²) in [7, 11) is 0. The molecule has 0 bridgehead atoms. The molecule has 2 aliphatic rings. The Labute approximate surface area is 176 Å². The maximum atomic E-state index is 12.5. The fraction of sp³-hybridized carbons (Fsp3) is 0.450. The third-order valence-electron chi connectivity index (χ3n) is 5.08. The van der Waals surface area contributed by atoms with Crippen LogP contribution in [0, 0.1) is 5.92 Å². The molecule has 4 heterocycles. The third-order valence-corrected chi connectivity index (χ3v) is 5.08. The van der Waals surface area contributed by atoms with Gasteiger partial charge >= 0.3 is 12.1 Å². The van der Waals surface area contributed by atoms with Crippen LogP contribution in [0.4, 0.5) is 19.0 Å². The van der Waals surface area contributed by atoms with E-state index in [1.165, 1.54) is 6.26 Å². The van der Waals surface area contributed by atoms with Gasteiger partial charge in [-0.3, -0.25) is 4.79 Å². The van der Waals surface area contributed by atoms with Crippen LogP contribution in [-0.2, 0) is 9.53 Å². The van der Waals surface area contributed by atoms with Gasteiger partial charge in [0.25, 0.3) is 5.91 Å². The number of piperidine rings is 1. The monoisotopic (exact) mass is 441 g/mol. The van der Waals surface area contributed by atoms with Crippen molar-refractivity contribution in [2.24, 2.45) is 5.92 Å². The first-order valence-corrected chi connectivity index (χ1v) is 9.66. The summed E-state index contributed by atoms with van der Waals surface area (Å²) in [5.41, 5.74) is 0. The maximum absolute atomic E-state index is 12.5. The molecule has 31 heavy (non-hydrogen) atoms. The van der Waals surface area contributed by atoms with Crippen molar-refractivity contribution < 1.29 is 37.0 Å². The molecule has 0 radical (unpaired) electrons. The third kappa shape index (κ3) is 5.97. The van der Waals surface area contributed by atoms with Gasteiger partial charge in [-0.05, 0) is 30.7 Å². The molecule has 8 nitrogen and oxygen atoms in total. The zero-order valence-electron chi connectivity index (χ0n) is 16.5. The lowest BCUT2D eigenvalue weighted by molar-refractivity contribution is -0.192. The zero-order chi connectivity index (χ0) is 22.4. The molecule has 168 valence electrons. The average molecular weight is 441 g/mol. The van der Waals surface area contributed by atoms with E-state index in [0.717, 1.165) is 31.9 Å². The highest BCUT2D eigenvalue weighted by Gasteiger charge is 2.38. The van der Waals surface area contributed by atoms with E-state index in [1.54, 1.807) is 12.1 Å². The first-order chi connectivity index (χ1) is 14.8. The Hall–Kier alpha value is -3.08. The largest absolute Gasteiger partial charge is 0.490 e. The van der Waals surface area contributed by atoms with Gasteiger partial charge in [-0.2, -0.15) is 13.2 Å². The summed E-state index contributed by atoms with van der Waals surface area (Å²) in [6.45, 7) is 3.65. The normalized spacial score (nSPS) is 21.4. The molecule has 0 aliphatic carbocycles. The average Bonchev–Trinajstić information content (AvgIpc) is 3.20. The molecule has 2 atom stereocenters. The van der Waals surface area contributed by atoms with Crippen LogP contribution in [-0.4, -0.2) is 71.9 Å². The number of furan rings is 1. The van der Waals surface area contributed by atoms with Crippen LogP contribution in [0.1, 0.15) is 17.0 Å². The number of ether oxygens (including phenoxy) is 1. The molecule has 1 N–H and O–H groups in total. The summed E-state index contributed by atoms with van der Waals surface area (Å²) < 4.78 is 43.1. The smallest absolute Gasteiger partial charge is 0.475 e. The van der Waals surface area contributed by atoms with E-state index >= 15 is 0 Å². The number of hydrogen-bond acceptors (Lipinski definition) is 6. The number of nitrogens with zero attached hydrogens (tertiary/aromatic N) is 3. The Balaban J connectivity index is 0.000000339. The van der Waals surface area contributed by atoms with Crippen molar-refractivity contribution >= 4 is 17.7 Å². The molecule has 0 unspecified atom stereocenters. The quantitative estimate of drug-likeness (QED) is 0.766. The van der Waals surface area contributed by atoms with E-state index in [1.807, 2.05) is 29.3 Å². The summed E-state index contributed by atoms with van der Waals surface area (Å²) >= 11 is 0. The summed E-state index contributed by atoms with van der Waals surface area (Å²) in [6, 6.07) is 9.43. The van der Waals surface area contributed by atoms with Crippen LogP contribution >= 0.6 is 0 Å². The first kappa shape index (κ1) is 22.6. The topological polar surface area (TPSA) is 96.1 Å². The Kier molecular flexibility index (Phi) is 7.16. The number of pyridine rings is 1. The van der Waals surface area contributed by atoms with Gasteiger partial charge < -0.3 is 24.1 Å². The second kappa shape index (κ2) is 9.82. The Morgan fingerprint density at radius 2 is 1.90 bits per heavy atom. The number of fused-ring (bicyclic) bond motifs is 1. The fourth-order valence-corrected chi connectivity index (χ4v) is 3.54. The van der Waals surface area contributed by atoms with Crippen LogP contribution in [0.25, 0.3) is 0 Å². The summed E-state index contributed by atoms with van der Waals surface area (Å²) in [6.07, 6.45) is -0.604. The molecular weight excluding hydrogens is 419 g/mol. The minimum Gasteiger partial charge on any atom is -0.475 e. The lowest BCUT2D eigenvalue weighted by atomic mass is 9.93. The maximum Gasteiger partial charge on any atom is 0.490 e. The lowest BCUT2D eigenvalue weighted by Crippen LogP contribution is -2.47. The molecule has 1 amide bonds. The van der Waals surface area contributed by atoms with E-state index in [4.69, 9.17) is 19.1 Å². The highest BCUT2D eigenvalue weighted by atomic mass is 19.4. The lowest BCUT2D eigenvalue weighted by Gasteiger charge is -2.38. The Morgan fingerprint density at radius 1 is 1.13 bits per heavy atom. The van der Waals surface area contributed by atoms with Gasteiger partial charge in [-0.25, -0.2) is 9.78 Å². The molecule has 2 fully saturated rings. The summed E-state index contributed by atoms with van der Waals surface area (Å²) in [5, 5.41) is 7.12. The minimum atomic E-state index is -5.08. The fourth-order valence-electron chi connectivity index (χ4n) is 3.54. The number of carbonyl (C=O) groups excluding carboxylic acids is 1. The standard InChI is InChI=1S/C18H21N3O3.C2HF3O2/c22-18(15-4-3-10-23-15)21-9-11-24-16-13-20(8-6-14(16)12-21)17-5-1-2-7-19-17;3-2(4,5)1(6)7/h1-5,7,10,14,16H,6,8-9,11-13H2;(H,6,7)/t14-,16-;/m1./s1. The number of carbonyl (C=O) groups is 2. The number of rotatable bonds is 2. The molecule has 2 aliphatic heterocycles. The molecule has 2 saturated heterocycles. The van der Waals surface area contributed by atoms with Gasteiger partial charge in [0.05, 0.1) is 19.0 Å². The van der Waals surface area contributed by atoms with Gasteiger partial charge in [0.15, 0.2) is 5.76 Å². The highest BCUT2D eigenvalue weighted by molar-refractivity contribution is 5.91. The van der Waals surface area contributed by atoms with Crippen LogP contribution in [0.3, 0.4) is 0 Å². The molecule has 2 aromatic heterocycles. The summed E-state index contributed by atoms with van der Waals surface area (Å²) in [5.74, 6) is -1.05. The van der Waals surface area contributed by atoms with Crippen LogP contribution in [0.15, 0.2) is 47.2 Å². The second-order valence-corrected chi connectivity index (χ2v) is 7.12. The Bertz CT molecular complexity index is 861. The number of anilines is 1. The number of carboxylic acid groups (broad SMARTS) is 1. The number of alkyl halides is 3. The zero-order valence-corrected chi connectivity index (χ0v) is 16.5. The number of hydrogen-bond donors (Lipinski definition) is 1. The van der Waals surface area contributed by atoms with Crippen molar-refractivity contribution in [2.45, 2.75) is 18.7 Å². The highest BCUT2D eigenvalue weighted by Crippen LogP contribution is 2.27. The van der Waals surface area contributed by atoms with E-state index in [2.05, 4.69) is 9.88 Å². The van der Waals surface area contributed by atoms with Crippen LogP contribution in [0.2, 0.25) is 0 Å². The SMILES string of the molecule is O=C(O)C(F)(F)F.O=C(c1ccco1)N1CCO[C@@H]2CN(c3ccccn3)CC[C@@H]2C1. The molecule has 4 rings (SSSR count). The molecule has 2 aromatic rings. The Morgan fingerprint density at radius 3 is 2.52 bits per heavy atom. The van der Waals surface area contributed by atoms with E-state index < -0.39 is 12.1 Å². The predicted octanol–water partition coefficient (Wildman–Crippen LogP) is 2.68. The summed E-state index contributed by atoms with van der Waals surface area (Å²) in [4.78, 5) is 30.0. The molecule has 0 spiro atoms. The van der Waals surface area contributed by atoms with Crippen molar-refractivity contribution in [2.75, 3.05) is 37.7 Å². The number of aromatic nitrogens is 1. The van der Waals surface area contributed by atoms with Gasteiger partial charge in [0.1, 0.15) is 5.82 Å². The molecule has 11 heteroatoms. The number of aliphatic carboxylic acids is 1. The predicted molar refractivity (Wildman–Crippen MR) is 103 cm³/mol.